The van der Waals surface area contributed by atoms with Crippen molar-refractivity contribution in [2.75, 3.05) is 6.54 Å². The van der Waals surface area contributed by atoms with Crippen LogP contribution in [0.2, 0.25) is 5.02 Å². The van der Waals surface area contributed by atoms with Crippen molar-refractivity contribution in [3.63, 3.8) is 0 Å². The van der Waals surface area contributed by atoms with E-state index in [1.807, 2.05) is 0 Å². The first-order valence-corrected chi connectivity index (χ1v) is 8.92. The number of rotatable bonds is 3. The monoisotopic (exact) mass is 379 g/mol. The van der Waals surface area contributed by atoms with Crippen LogP contribution in [0.3, 0.4) is 0 Å². The molecule has 0 amide bonds. The molecule has 7 heteroatoms. The van der Waals surface area contributed by atoms with Crippen LogP contribution in [0.1, 0.15) is 26.2 Å². The zero-order valence-corrected chi connectivity index (χ0v) is 14.1. The highest BCUT2D eigenvalue weighted by atomic mass is 79.9. The van der Waals surface area contributed by atoms with Crippen LogP contribution in [0.5, 0.6) is 0 Å². The Hall–Kier alpha value is -0.430. The van der Waals surface area contributed by atoms with Crippen molar-refractivity contribution >= 4 is 43.3 Å². The second-order valence-corrected chi connectivity index (χ2v) is 7.99. The van der Waals surface area contributed by atoms with Gasteiger partial charge in [0.1, 0.15) is 10.7 Å². The topological polar surface area (TPSA) is 54.5 Å². The average molecular weight is 381 g/mol. The molecule has 0 radical (unpaired) electrons. The highest BCUT2D eigenvalue weighted by Crippen LogP contribution is 2.31. The van der Waals surface area contributed by atoms with E-state index in [1.165, 1.54) is 17.3 Å². The number of nitrogens with zero attached hydrogens (tertiary/aromatic N) is 1. The molecule has 20 heavy (non-hydrogen) atoms. The fourth-order valence-electron chi connectivity index (χ4n) is 2.41. The lowest BCUT2D eigenvalue weighted by Crippen LogP contribution is -2.47. The van der Waals surface area contributed by atoms with Crippen molar-refractivity contribution in [1.29, 1.82) is 0 Å². The Morgan fingerprint density at radius 3 is 2.70 bits per heavy atom. The molecule has 1 saturated heterocycles. The zero-order chi connectivity index (χ0) is 14.9. The van der Waals surface area contributed by atoms with Crippen molar-refractivity contribution in [2.45, 2.75) is 37.1 Å². The van der Waals surface area contributed by atoms with Gasteiger partial charge >= 0.3 is 0 Å². The Kier molecular flexibility index (Phi) is 4.89. The number of piperidine rings is 1. The van der Waals surface area contributed by atoms with Crippen LogP contribution in [-0.4, -0.2) is 31.1 Å². The number of sulfonamides is 1. The number of Topliss-reactive ketones (excluding diaryl/α,β-unsaturated/α-hetero) is 1. The van der Waals surface area contributed by atoms with Crippen LogP contribution in [-0.2, 0) is 14.8 Å². The minimum atomic E-state index is -3.74. The summed E-state index contributed by atoms with van der Waals surface area (Å²) >= 11 is 9.29. The minimum absolute atomic E-state index is 0.0514. The number of halogens is 2. The van der Waals surface area contributed by atoms with Gasteiger partial charge in [0.25, 0.3) is 0 Å². The fraction of sp³-hybridized carbons (Fsp3) is 0.462. The molecule has 2 rings (SSSR count). The second kappa shape index (κ2) is 6.13. The average Bonchev–Trinajstić information content (AvgIpc) is 2.38. The van der Waals surface area contributed by atoms with Gasteiger partial charge in [-0.05, 0) is 38.0 Å². The smallest absolute Gasteiger partial charge is 0.245 e. The standard InChI is InChI=1S/C13H15BrClNO3S/c1-9(17)12-4-2-3-7-16(12)20(18,19)13-6-5-10(14)8-11(13)15/h5-6,8,12H,2-4,7H2,1H3. The molecule has 1 aliphatic heterocycles. The lowest BCUT2D eigenvalue weighted by molar-refractivity contribution is -0.121. The van der Waals surface area contributed by atoms with Gasteiger partial charge in [0.05, 0.1) is 11.1 Å². The molecule has 1 unspecified atom stereocenters. The van der Waals surface area contributed by atoms with Gasteiger partial charge in [-0.25, -0.2) is 8.42 Å². The highest BCUT2D eigenvalue weighted by Gasteiger charge is 2.36. The molecule has 1 atom stereocenters. The van der Waals surface area contributed by atoms with E-state index in [2.05, 4.69) is 15.9 Å². The molecule has 1 fully saturated rings. The molecule has 4 nitrogen and oxygen atoms in total. The number of hydrogen-bond donors (Lipinski definition) is 0. The Morgan fingerprint density at radius 1 is 1.40 bits per heavy atom. The van der Waals surface area contributed by atoms with E-state index in [1.54, 1.807) is 12.1 Å². The summed E-state index contributed by atoms with van der Waals surface area (Å²) in [6.45, 7) is 1.79. The number of carbonyl (C=O) groups is 1. The zero-order valence-electron chi connectivity index (χ0n) is 11.0. The van der Waals surface area contributed by atoms with Crippen LogP contribution >= 0.6 is 27.5 Å². The Morgan fingerprint density at radius 2 is 2.10 bits per heavy atom. The van der Waals surface area contributed by atoms with Crippen LogP contribution in [0.15, 0.2) is 27.6 Å². The predicted molar refractivity (Wildman–Crippen MR) is 81.4 cm³/mol. The molecule has 1 heterocycles. The van der Waals surface area contributed by atoms with Gasteiger partial charge < -0.3 is 0 Å². The van der Waals surface area contributed by atoms with E-state index in [0.717, 1.165) is 12.8 Å². The summed E-state index contributed by atoms with van der Waals surface area (Å²) in [7, 11) is -3.74. The van der Waals surface area contributed by atoms with Crippen LogP contribution in [0.4, 0.5) is 0 Å². The highest BCUT2D eigenvalue weighted by molar-refractivity contribution is 9.10. The Bertz CT molecular complexity index is 633. The molecule has 0 N–H and O–H groups in total. The number of carbonyl (C=O) groups excluding carboxylic acids is 1. The molecule has 0 spiro atoms. The fourth-order valence-corrected chi connectivity index (χ4v) is 5.13. The largest absolute Gasteiger partial charge is 0.298 e. The number of hydrogen-bond acceptors (Lipinski definition) is 3. The van der Waals surface area contributed by atoms with Crippen LogP contribution in [0, 0.1) is 0 Å². The van der Waals surface area contributed by atoms with E-state index in [9.17, 15) is 13.2 Å². The summed E-state index contributed by atoms with van der Waals surface area (Å²) in [4.78, 5) is 11.7. The Labute approximate surface area is 132 Å². The normalized spacial score (nSPS) is 20.9. The first-order chi connectivity index (χ1) is 9.34. The van der Waals surface area contributed by atoms with E-state index in [-0.39, 0.29) is 15.7 Å². The van der Waals surface area contributed by atoms with Gasteiger partial charge in [-0.2, -0.15) is 4.31 Å². The molecular formula is C13H15BrClNO3S. The third-order valence-electron chi connectivity index (χ3n) is 3.40. The summed E-state index contributed by atoms with van der Waals surface area (Å²) in [5.41, 5.74) is 0. The van der Waals surface area contributed by atoms with Gasteiger partial charge in [0, 0.05) is 11.0 Å². The molecule has 0 aliphatic carbocycles. The Balaban J connectivity index is 2.45. The molecule has 1 aromatic carbocycles. The summed E-state index contributed by atoms with van der Waals surface area (Å²) in [6.07, 6.45) is 2.20. The molecule has 0 bridgehead atoms. The van der Waals surface area contributed by atoms with E-state index in [4.69, 9.17) is 11.6 Å². The van der Waals surface area contributed by atoms with Crippen molar-refractivity contribution < 1.29 is 13.2 Å². The first-order valence-electron chi connectivity index (χ1n) is 6.31. The van der Waals surface area contributed by atoms with Gasteiger partial charge in [-0.3, -0.25) is 4.79 Å². The number of ketones is 1. The summed E-state index contributed by atoms with van der Waals surface area (Å²) in [6, 6.07) is 4.06. The minimum Gasteiger partial charge on any atom is -0.298 e. The second-order valence-electron chi connectivity index (χ2n) is 4.81. The van der Waals surface area contributed by atoms with Crippen molar-refractivity contribution in [2.24, 2.45) is 0 Å². The summed E-state index contributed by atoms with van der Waals surface area (Å²) in [5.74, 6) is -0.124. The number of benzene rings is 1. The third-order valence-corrected chi connectivity index (χ3v) is 6.29. The SMILES string of the molecule is CC(=O)C1CCCCN1S(=O)(=O)c1ccc(Br)cc1Cl. The molecule has 1 aromatic rings. The summed E-state index contributed by atoms with van der Waals surface area (Å²) < 4.78 is 27.4. The molecular weight excluding hydrogens is 366 g/mol. The van der Waals surface area contributed by atoms with Crippen molar-refractivity contribution in [3.8, 4) is 0 Å². The molecule has 110 valence electrons. The molecule has 0 saturated carbocycles. The molecule has 1 aliphatic rings. The van der Waals surface area contributed by atoms with Gasteiger partial charge in [-0.1, -0.05) is 34.0 Å². The van der Waals surface area contributed by atoms with E-state index in [0.29, 0.717) is 17.4 Å². The van der Waals surface area contributed by atoms with Gasteiger partial charge in [0.15, 0.2) is 0 Å². The van der Waals surface area contributed by atoms with Crippen LogP contribution in [0.25, 0.3) is 0 Å². The maximum atomic E-state index is 12.7. The third kappa shape index (κ3) is 3.08. The maximum absolute atomic E-state index is 12.7. The van der Waals surface area contributed by atoms with Crippen molar-refractivity contribution in [1.82, 2.24) is 4.31 Å². The van der Waals surface area contributed by atoms with E-state index < -0.39 is 16.1 Å². The lowest BCUT2D eigenvalue weighted by Gasteiger charge is -2.33. The maximum Gasteiger partial charge on any atom is 0.245 e. The summed E-state index contributed by atoms with van der Waals surface area (Å²) in [5, 5.41) is 0.159. The lowest BCUT2D eigenvalue weighted by atomic mass is 10.0. The van der Waals surface area contributed by atoms with Gasteiger partial charge in [-0.15, -0.1) is 0 Å². The molecule has 0 aromatic heterocycles. The van der Waals surface area contributed by atoms with Gasteiger partial charge in [0.2, 0.25) is 10.0 Å². The van der Waals surface area contributed by atoms with E-state index >= 15 is 0 Å². The predicted octanol–water partition coefficient (Wildman–Crippen LogP) is 3.23. The van der Waals surface area contributed by atoms with Crippen LogP contribution < -0.4 is 0 Å². The quantitative estimate of drug-likeness (QED) is 0.809. The first kappa shape index (κ1) is 15.9. The van der Waals surface area contributed by atoms with Crippen molar-refractivity contribution in [3.05, 3.63) is 27.7 Å².